The Morgan fingerprint density at radius 3 is 2.91 bits per heavy atom. The summed E-state index contributed by atoms with van der Waals surface area (Å²) in [6, 6.07) is 7.93. The summed E-state index contributed by atoms with van der Waals surface area (Å²) in [5.74, 6) is 1.47. The first-order valence-corrected chi connectivity index (χ1v) is 7.92. The van der Waals surface area contributed by atoms with E-state index in [-0.39, 0.29) is 6.03 Å². The van der Waals surface area contributed by atoms with Crippen LogP contribution in [0.25, 0.3) is 0 Å². The van der Waals surface area contributed by atoms with Crippen LogP contribution in [0.1, 0.15) is 12.0 Å². The lowest BCUT2D eigenvalue weighted by Crippen LogP contribution is -2.40. The predicted molar refractivity (Wildman–Crippen MR) is 88.3 cm³/mol. The number of aryl methyl sites for hydroxylation is 1. The van der Waals surface area contributed by atoms with Gasteiger partial charge in [0, 0.05) is 19.6 Å². The summed E-state index contributed by atoms with van der Waals surface area (Å²) in [6.07, 6.45) is 1.09. The quantitative estimate of drug-likeness (QED) is 0.817. The summed E-state index contributed by atoms with van der Waals surface area (Å²) in [4.78, 5) is 16.2. The molecule has 1 N–H and O–H groups in total. The number of rotatable bonds is 6. The number of carbonyl (C=O) groups is 1. The van der Waals surface area contributed by atoms with Crippen LogP contribution >= 0.6 is 0 Å². The first-order chi connectivity index (χ1) is 10.6. The second kappa shape index (κ2) is 8.03. The van der Waals surface area contributed by atoms with Gasteiger partial charge in [0.25, 0.3) is 0 Å². The molecule has 5 nitrogen and oxygen atoms in total. The van der Waals surface area contributed by atoms with Crippen LogP contribution < -0.4 is 10.1 Å². The molecule has 1 fully saturated rings. The van der Waals surface area contributed by atoms with E-state index in [9.17, 15) is 4.79 Å². The van der Waals surface area contributed by atoms with Crippen LogP contribution in [0, 0.1) is 12.8 Å². The van der Waals surface area contributed by atoms with Crippen molar-refractivity contribution in [2.45, 2.75) is 13.3 Å². The average molecular weight is 305 g/mol. The van der Waals surface area contributed by atoms with Crippen LogP contribution in [-0.2, 0) is 0 Å². The molecule has 0 bridgehead atoms. The van der Waals surface area contributed by atoms with E-state index in [1.165, 1.54) is 0 Å². The molecule has 1 aliphatic rings. The first kappa shape index (κ1) is 16.6. The monoisotopic (exact) mass is 305 g/mol. The van der Waals surface area contributed by atoms with E-state index >= 15 is 0 Å². The number of ether oxygens (including phenoxy) is 1. The minimum atomic E-state index is 0.0228. The molecule has 5 heteroatoms. The van der Waals surface area contributed by atoms with Crippen molar-refractivity contribution in [3.63, 3.8) is 0 Å². The molecule has 0 aromatic heterocycles. The standard InChI is InChI=1S/C17H27N3O2/c1-14-6-4-5-7-16(14)22-11-9-18-17(21)20-10-8-15(13-20)12-19(2)3/h4-7,15H,8-13H2,1-3H3,(H,18,21). The summed E-state index contributed by atoms with van der Waals surface area (Å²) in [7, 11) is 4.15. The second-order valence-corrected chi connectivity index (χ2v) is 6.21. The number of likely N-dealkylation sites (tertiary alicyclic amines) is 1. The number of para-hydroxylation sites is 1. The third-order valence-corrected chi connectivity index (χ3v) is 3.93. The van der Waals surface area contributed by atoms with E-state index in [1.807, 2.05) is 36.1 Å². The predicted octanol–water partition coefficient (Wildman–Crippen LogP) is 1.97. The molecule has 0 saturated carbocycles. The Balaban J connectivity index is 1.65. The normalized spacial score (nSPS) is 17.8. The van der Waals surface area contributed by atoms with Gasteiger partial charge in [-0.3, -0.25) is 0 Å². The number of amides is 2. The molecule has 1 unspecified atom stereocenters. The van der Waals surface area contributed by atoms with Gasteiger partial charge in [-0.15, -0.1) is 0 Å². The SMILES string of the molecule is Cc1ccccc1OCCNC(=O)N1CCC(CN(C)C)C1. The molecule has 122 valence electrons. The Morgan fingerprint density at radius 2 is 2.18 bits per heavy atom. The molecule has 1 heterocycles. The fourth-order valence-electron chi connectivity index (χ4n) is 2.83. The number of urea groups is 1. The number of hydrogen-bond acceptors (Lipinski definition) is 3. The highest BCUT2D eigenvalue weighted by atomic mass is 16.5. The minimum Gasteiger partial charge on any atom is -0.491 e. The molecule has 0 aliphatic carbocycles. The summed E-state index contributed by atoms with van der Waals surface area (Å²) in [5, 5.41) is 2.94. The molecule has 1 aromatic carbocycles. The van der Waals surface area contributed by atoms with E-state index in [1.54, 1.807) is 0 Å². The molecule has 1 aromatic rings. The maximum absolute atomic E-state index is 12.1. The molecule has 2 rings (SSSR count). The van der Waals surface area contributed by atoms with Crippen LogP contribution in [0.15, 0.2) is 24.3 Å². The highest BCUT2D eigenvalue weighted by molar-refractivity contribution is 5.74. The highest BCUT2D eigenvalue weighted by Crippen LogP contribution is 2.17. The van der Waals surface area contributed by atoms with E-state index in [0.29, 0.717) is 19.1 Å². The third-order valence-electron chi connectivity index (χ3n) is 3.93. The Bertz CT molecular complexity index is 491. The van der Waals surface area contributed by atoms with Crippen molar-refractivity contribution in [2.75, 3.05) is 46.9 Å². The summed E-state index contributed by atoms with van der Waals surface area (Å²) in [6.45, 7) is 5.78. The van der Waals surface area contributed by atoms with Crippen molar-refractivity contribution in [3.05, 3.63) is 29.8 Å². The maximum Gasteiger partial charge on any atom is 0.317 e. The van der Waals surface area contributed by atoms with Gasteiger partial charge >= 0.3 is 6.03 Å². The summed E-state index contributed by atoms with van der Waals surface area (Å²) in [5.41, 5.74) is 1.11. The van der Waals surface area contributed by atoms with Gasteiger partial charge in [0.15, 0.2) is 0 Å². The van der Waals surface area contributed by atoms with Crippen molar-refractivity contribution in [1.82, 2.24) is 15.1 Å². The number of nitrogens with one attached hydrogen (secondary N) is 1. The Labute approximate surface area is 133 Å². The van der Waals surface area contributed by atoms with Gasteiger partial charge in [-0.2, -0.15) is 0 Å². The van der Waals surface area contributed by atoms with Gasteiger partial charge < -0.3 is 19.9 Å². The average Bonchev–Trinajstić information content (AvgIpc) is 2.93. The highest BCUT2D eigenvalue weighted by Gasteiger charge is 2.26. The van der Waals surface area contributed by atoms with Gasteiger partial charge in [0.05, 0.1) is 6.54 Å². The Kier molecular flexibility index (Phi) is 6.07. The molecule has 2 amide bonds. The van der Waals surface area contributed by atoms with Crippen LogP contribution in [0.2, 0.25) is 0 Å². The second-order valence-electron chi connectivity index (χ2n) is 6.21. The zero-order chi connectivity index (χ0) is 15.9. The maximum atomic E-state index is 12.1. The third kappa shape index (κ3) is 4.91. The minimum absolute atomic E-state index is 0.0228. The zero-order valence-corrected chi connectivity index (χ0v) is 13.8. The largest absolute Gasteiger partial charge is 0.491 e. The zero-order valence-electron chi connectivity index (χ0n) is 13.8. The fraction of sp³-hybridized carbons (Fsp3) is 0.588. The molecular weight excluding hydrogens is 278 g/mol. The molecule has 1 saturated heterocycles. The van der Waals surface area contributed by atoms with Crippen molar-refractivity contribution >= 4 is 6.03 Å². The summed E-state index contributed by atoms with van der Waals surface area (Å²) < 4.78 is 5.68. The molecule has 0 spiro atoms. The molecule has 22 heavy (non-hydrogen) atoms. The fourth-order valence-corrected chi connectivity index (χ4v) is 2.83. The number of carbonyl (C=O) groups excluding carboxylic acids is 1. The molecular formula is C17H27N3O2. The van der Waals surface area contributed by atoms with E-state index in [4.69, 9.17) is 4.74 Å². The molecule has 0 radical (unpaired) electrons. The number of nitrogens with zero attached hydrogens (tertiary/aromatic N) is 2. The van der Waals surface area contributed by atoms with Crippen molar-refractivity contribution in [1.29, 1.82) is 0 Å². The molecule has 1 aliphatic heterocycles. The number of benzene rings is 1. The lowest BCUT2D eigenvalue weighted by atomic mass is 10.1. The van der Waals surface area contributed by atoms with Gasteiger partial charge in [0.1, 0.15) is 12.4 Å². The number of hydrogen-bond donors (Lipinski definition) is 1. The van der Waals surface area contributed by atoms with E-state index in [0.717, 1.165) is 37.4 Å². The van der Waals surface area contributed by atoms with E-state index < -0.39 is 0 Å². The summed E-state index contributed by atoms with van der Waals surface area (Å²) >= 11 is 0. The van der Waals surface area contributed by atoms with Crippen molar-refractivity contribution in [2.24, 2.45) is 5.92 Å². The molecule has 1 atom stereocenters. The van der Waals surface area contributed by atoms with Crippen LogP contribution in [0.3, 0.4) is 0 Å². The van der Waals surface area contributed by atoms with Gasteiger partial charge in [-0.05, 0) is 45.0 Å². The van der Waals surface area contributed by atoms with Gasteiger partial charge in [-0.25, -0.2) is 4.79 Å². The Hall–Kier alpha value is -1.75. The topological polar surface area (TPSA) is 44.8 Å². The first-order valence-electron chi connectivity index (χ1n) is 7.92. The van der Waals surface area contributed by atoms with Gasteiger partial charge in [0.2, 0.25) is 0 Å². The van der Waals surface area contributed by atoms with Crippen LogP contribution in [0.5, 0.6) is 5.75 Å². The van der Waals surface area contributed by atoms with Crippen molar-refractivity contribution in [3.8, 4) is 5.75 Å². The Morgan fingerprint density at radius 1 is 1.41 bits per heavy atom. The van der Waals surface area contributed by atoms with E-state index in [2.05, 4.69) is 24.3 Å². The smallest absolute Gasteiger partial charge is 0.317 e. The lowest BCUT2D eigenvalue weighted by Gasteiger charge is -2.19. The van der Waals surface area contributed by atoms with Crippen LogP contribution in [0.4, 0.5) is 4.79 Å². The van der Waals surface area contributed by atoms with Crippen molar-refractivity contribution < 1.29 is 9.53 Å². The van der Waals surface area contributed by atoms with Crippen LogP contribution in [-0.4, -0.2) is 62.7 Å². The van der Waals surface area contributed by atoms with Gasteiger partial charge in [-0.1, -0.05) is 18.2 Å². The lowest BCUT2D eigenvalue weighted by molar-refractivity contribution is 0.202.